The van der Waals surface area contributed by atoms with Gasteiger partial charge in [-0.25, -0.2) is 0 Å². The fourth-order valence-electron chi connectivity index (χ4n) is 1.25. The van der Waals surface area contributed by atoms with Gasteiger partial charge in [-0.05, 0) is 11.5 Å². The van der Waals surface area contributed by atoms with E-state index in [1.54, 1.807) is 0 Å². The zero-order valence-electron chi connectivity index (χ0n) is 10.9. The van der Waals surface area contributed by atoms with Crippen LogP contribution >= 0.6 is 0 Å². The van der Waals surface area contributed by atoms with Crippen LogP contribution < -0.4 is 0 Å². The summed E-state index contributed by atoms with van der Waals surface area (Å²) in [6.45, 7) is 11.8. The minimum Gasteiger partial charge on any atom is -0.343 e. The average molecular weight is 229 g/mol. The molecule has 0 aliphatic rings. The molecule has 0 heterocycles. The van der Waals surface area contributed by atoms with E-state index in [9.17, 15) is 0 Å². The van der Waals surface area contributed by atoms with E-state index in [1.165, 1.54) is 18.4 Å². The molecule has 1 atom stereocenters. The van der Waals surface area contributed by atoms with Gasteiger partial charge in [-0.1, -0.05) is 57.0 Å². The van der Waals surface area contributed by atoms with E-state index in [-0.39, 0.29) is 23.1 Å². The first-order valence-electron chi connectivity index (χ1n) is 5.89. The Kier molecular flexibility index (Phi) is 15.0. The Bertz CT molecular complexity index is 216. The van der Waals surface area contributed by atoms with Crippen molar-refractivity contribution < 1.29 is 0 Å². The second-order valence-corrected chi connectivity index (χ2v) is 3.81. The molecule has 1 heteroatoms. The van der Waals surface area contributed by atoms with Gasteiger partial charge in [-0.15, -0.1) is 0 Å². The van der Waals surface area contributed by atoms with Crippen LogP contribution in [0.5, 0.6) is 0 Å². The largest absolute Gasteiger partial charge is 2.00 e. The summed E-state index contributed by atoms with van der Waals surface area (Å²) in [5, 5.41) is 0. The first-order valence-corrected chi connectivity index (χ1v) is 5.89. The van der Waals surface area contributed by atoms with Crippen molar-refractivity contribution in [2.24, 2.45) is 0 Å². The molecule has 0 saturated heterocycles. The molecule has 0 fully saturated rings. The minimum absolute atomic E-state index is 0. The molecule has 1 aromatic carbocycles. The van der Waals surface area contributed by atoms with Gasteiger partial charge >= 0.3 is 23.1 Å². The Labute approximate surface area is 118 Å². The first-order chi connectivity index (χ1) is 7.26. The van der Waals surface area contributed by atoms with Crippen LogP contribution in [0.25, 0.3) is 0 Å². The van der Waals surface area contributed by atoms with Gasteiger partial charge in [0.2, 0.25) is 0 Å². The van der Waals surface area contributed by atoms with E-state index in [2.05, 4.69) is 58.0 Å². The molecule has 0 N–H and O–H groups in total. The third kappa shape index (κ3) is 9.23. The molecule has 0 radical (unpaired) electrons. The third-order valence-electron chi connectivity index (χ3n) is 2.36. The Morgan fingerprint density at radius 2 is 1.56 bits per heavy atom. The second kappa shape index (κ2) is 13.1. The van der Waals surface area contributed by atoms with E-state index < -0.39 is 0 Å². The molecule has 1 unspecified atom stereocenters. The van der Waals surface area contributed by atoms with Crippen molar-refractivity contribution in [3.05, 3.63) is 49.7 Å². The van der Waals surface area contributed by atoms with E-state index in [4.69, 9.17) is 0 Å². The normalized spacial score (nSPS) is 10.8. The van der Waals surface area contributed by atoms with Crippen LogP contribution in [-0.2, 0) is 0 Å². The van der Waals surface area contributed by atoms with Crippen LogP contribution in [0.4, 0.5) is 0 Å². The fourth-order valence-corrected chi connectivity index (χ4v) is 1.25. The molecule has 0 saturated carbocycles. The van der Waals surface area contributed by atoms with Gasteiger partial charge in [0.05, 0.1) is 0 Å². The summed E-state index contributed by atoms with van der Waals surface area (Å²) in [5.74, 6) is 0.661. The molecule has 16 heavy (non-hydrogen) atoms. The number of benzene rings is 1. The first kappa shape index (κ1) is 18.4. The van der Waals surface area contributed by atoms with Crippen LogP contribution in [0.1, 0.15) is 51.0 Å². The molecule has 0 aliphatic heterocycles. The second-order valence-electron chi connectivity index (χ2n) is 3.81. The summed E-state index contributed by atoms with van der Waals surface area (Å²) < 4.78 is 0. The molecule has 0 nitrogen and oxygen atoms in total. The van der Waals surface area contributed by atoms with Gasteiger partial charge in [0.25, 0.3) is 0 Å². The molecular formula is C15H24Mg. The predicted molar refractivity (Wildman–Crippen MR) is 75.5 cm³/mol. The van der Waals surface area contributed by atoms with Gasteiger partial charge in [-0.3, -0.25) is 0 Å². The molecule has 0 bridgehead atoms. The van der Waals surface area contributed by atoms with Crippen LogP contribution in [0.3, 0.4) is 0 Å². The Morgan fingerprint density at radius 3 is 1.94 bits per heavy atom. The summed E-state index contributed by atoms with van der Waals surface area (Å²) in [4.78, 5) is 0. The van der Waals surface area contributed by atoms with Crippen LogP contribution in [0.2, 0.25) is 0 Å². The number of unbranched alkanes of at least 4 members (excludes halogenated alkanes) is 1. The summed E-state index contributed by atoms with van der Waals surface area (Å²) in [6, 6.07) is 10.6. The molecule has 1 aromatic rings. The van der Waals surface area contributed by atoms with Crippen molar-refractivity contribution in [2.45, 2.75) is 45.4 Å². The maximum absolute atomic E-state index is 3.85. The van der Waals surface area contributed by atoms with Gasteiger partial charge in [-0.2, -0.15) is 12.8 Å². The van der Waals surface area contributed by atoms with E-state index in [1.807, 2.05) is 0 Å². The van der Waals surface area contributed by atoms with Crippen LogP contribution in [0, 0.1) is 13.8 Å². The van der Waals surface area contributed by atoms with Crippen molar-refractivity contribution in [1.29, 1.82) is 0 Å². The predicted octanol–water partition coefficient (Wildman–Crippen LogP) is 4.64. The molecule has 0 aromatic heterocycles. The molecule has 1 rings (SSSR count). The number of hydrogen-bond acceptors (Lipinski definition) is 0. The number of hydrogen-bond donors (Lipinski definition) is 0. The summed E-state index contributed by atoms with van der Waals surface area (Å²) >= 11 is 0. The van der Waals surface area contributed by atoms with Gasteiger partial charge in [0.15, 0.2) is 0 Å². The van der Waals surface area contributed by atoms with Gasteiger partial charge in [0, 0.05) is 0 Å². The maximum atomic E-state index is 3.85. The van der Waals surface area contributed by atoms with Crippen molar-refractivity contribution in [3.8, 4) is 0 Å². The summed E-state index contributed by atoms with van der Waals surface area (Å²) in [7, 11) is 0. The standard InChI is InChI=1S/C11H15.C4H9.Mg/c1-3-7-10(2)11-8-5-4-6-9-11;1-3-4-2;/h4-6,8-10H,1,3,7H2,2H3;1,3-4H2,2H3;/q2*-1;+2. The summed E-state index contributed by atoms with van der Waals surface area (Å²) in [6.07, 6.45) is 4.49. The maximum Gasteiger partial charge on any atom is 2.00 e. The fraction of sp³-hybridized carbons (Fsp3) is 0.467. The van der Waals surface area contributed by atoms with E-state index in [0.29, 0.717) is 5.92 Å². The molecule has 0 aliphatic carbocycles. The summed E-state index contributed by atoms with van der Waals surface area (Å²) in [5.41, 5.74) is 1.43. The third-order valence-corrected chi connectivity index (χ3v) is 2.36. The van der Waals surface area contributed by atoms with Crippen LogP contribution in [-0.4, -0.2) is 23.1 Å². The van der Waals surface area contributed by atoms with Crippen molar-refractivity contribution >= 4 is 23.1 Å². The van der Waals surface area contributed by atoms with Crippen molar-refractivity contribution in [2.75, 3.05) is 0 Å². The van der Waals surface area contributed by atoms with E-state index >= 15 is 0 Å². The number of rotatable bonds is 4. The van der Waals surface area contributed by atoms with Crippen molar-refractivity contribution in [3.63, 3.8) is 0 Å². The SMILES string of the molecule is [CH2-]CCC.[CH2-]CCC(C)c1ccccc1.[Mg+2]. The quantitative estimate of drug-likeness (QED) is 0.520. The Morgan fingerprint density at radius 1 is 1.06 bits per heavy atom. The van der Waals surface area contributed by atoms with Crippen LogP contribution in [0.15, 0.2) is 30.3 Å². The monoisotopic (exact) mass is 228 g/mol. The smallest absolute Gasteiger partial charge is 0.343 e. The average Bonchev–Trinajstić information content (AvgIpc) is 2.31. The molecule has 0 amide bonds. The Hall–Kier alpha value is -0.0138. The molecule has 0 spiro atoms. The zero-order chi connectivity index (χ0) is 11.5. The van der Waals surface area contributed by atoms with Gasteiger partial charge < -0.3 is 13.8 Å². The van der Waals surface area contributed by atoms with Crippen molar-refractivity contribution in [1.82, 2.24) is 0 Å². The van der Waals surface area contributed by atoms with E-state index in [0.717, 1.165) is 12.8 Å². The zero-order valence-corrected chi connectivity index (χ0v) is 12.3. The minimum atomic E-state index is 0. The van der Waals surface area contributed by atoms with Gasteiger partial charge in [0.1, 0.15) is 0 Å². The molecular weight excluding hydrogens is 204 g/mol. The molecule has 86 valence electrons. The topological polar surface area (TPSA) is 0 Å². The Balaban J connectivity index is 0.